The van der Waals surface area contributed by atoms with Crippen molar-refractivity contribution in [3.63, 3.8) is 0 Å². The molecule has 1 saturated heterocycles. The number of nitrogens with two attached hydrogens (primary N) is 3. The van der Waals surface area contributed by atoms with Crippen LogP contribution in [0.4, 0.5) is 5.13 Å². The number of hydrogen-bond acceptors (Lipinski definition) is 11. The molecule has 2 aliphatic heterocycles. The molecule has 4 rings (SSSR count). The Hall–Kier alpha value is -4.02. The number of pyridine rings is 1. The first kappa shape index (κ1) is 30.0. The average Bonchev–Trinajstić information content (AvgIpc) is 3.38. The van der Waals surface area contributed by atoms with Gasteiger partial charge in [-0.3, -0.25) is 19.3 Å². The maximum Gasteiger partial charge on any atom is 0.352 e. The van der Waals surface area contributed by atoms with Crippen LogP contribution in [0.5, 0.6) is 0 Å². The quantitative estimate of drug-likeness (QED) is 0.0841. The molecule has 41 heavy (non-hydrogen) atoms. The summed E-state index contributed by atoms with van der Waals surface area (Å²) in [6.45, 7) is 2.29. The number of aryl methyl sites for hydroxylation is 1. The number of hydrogen-bond donors (Lipinski definition) is 5. The molecular formula is C25H31N8O6S2+. The van der Waals surface area contributed by atoms with Crippen molar-refractivity contribution in [1.29, 1.82) is 0 Å². The predicted molar refractivity (Wildman–Crippen MR) is 151 cm³/mol. The van der Waals surface area contributed by atoms with Crippen molar-refractivity contribution in [3.8, 4) is 0 Å². The van der Waals surface area contributed by atoms with Gasteiger partial charge in [-0.1, -0.05) is 12.1 Å². The van der Waals surface area contributed by atoms with Crippen LogP contribution in [0.2, 0.25) is 0 Å². The maximum atomic E-state index is 13.2. The van der Waals surface area contributed by atoms with Gasteiger partial charge >= 0.3 is 5.97 Å². The number of anilines is 1. The van der Waals surface area contributed by atoms with Crippen LogP contribution < -0.4 is 27.1 Å². The second-order valence-electron chi connectivity index (χ2n) is 9.35. The Labute approximate surface area is 243 Å². The normalized spacial score (nSPS) is 19.3. The number of aliphatic carboxylic acids is 1. The Balaban J connectivity index is 1.49. The third kappa shape index (κ3) is 6.83. The zero-order valence-corrected chi connectivity index (χ0v) is 23.8. The Bertz CT molecular complexity index is 1390. The van der Waals surface area contributed by atoms with Crippen LogP contribution in [0, 0.1) is 0 Å². The van der Waals surface area contributed by atoms with E-state index in [2.05, 4.69) is 15.5 Å². The summed E-state index contributed by atoms with van der Waals surface area (Å²) in [7, 11) is 0. The van der Waals surface area contributed by atoms with Crippen LogP contribution in [-0.4, -0.2) is 74.2 Å². The third-order valence-corrected chi connectivity index (χ3v) is 8.53. The van der Waals surface area contributed by atoms with Crippen molar-refractivity contribution in [2.24, 2.45) is 16.6 Å². The molecule has 8 N–H and O–H groups in total. The van der Waals surface area contributed by atoms with Crippen LogP contribution in [0.25, 0.3) is 0 Å². The molecule has 14 nitrogen and oxygen atoms in total. The number of β-lactam (4-membered cyclic amide) rings is 1. The van der Waals surface area contributed by atoms with E-state index in [1.807, 2.05) is 19.1 Å². The zero-order valence-electron chi connectivity index (χ0n) is 22.2. The molecule has 2 aromatic rings. The molecule has 3 amide bonds. The van der Waals surface area contributed by atoms with E-state index in [-0.39, 0.29) is 47.7 Å². The summed E-state index contributed by atoms with van der Waals surface area (Å²) < 4.78 is 1.80. The van der Waals surface area contributed by atoms with E-state index in [9.17, 15) is 24.3 Å². The first-order valence-electron chi connectivity index (χ1n) is 12.7. The molecule has 0 aromatic carbocycles. The number of aromatic nitrogens is 2. The van der Waals surface area contributed by atoms with Crippen molar-refractivity contribution >= 4 is 57.6 Å². The fourth-order valence-corrected chi connectivity index (χ4v) is 6.16. The third-order valence-electron chi connectivity index (χ3n) is 6.52. The van der Waals surface area contributed by atoms with Gasteiger partial charge in [0, 0.05) is 41.8 Å². The Kier molecular flexibility index (Phi) is 9.57. The van der Waals surface area contributed by atoms with Crippen LogP contribution in [0.1, 0.15) is 31.0 Å². The first-order chi connectivity index (χ1) is 19.6. The smallest absolute Gasteiger partial charge is 0.352 e. The zero-order chi connectivity index (χ0) is 29.7. The molecule has 0 bridgehead atoms. The molecule has 3 atom stereocenters. The van der Waals surface area contributed by atoms with Gasteiger partial charge in [0.05, 0.1) is 0 Å². The van der Waals surface area contributed by atoms with Crippen molar-refractivity contribution in [2.45, 2.75) is 50.3 Å². The number of oxime groups is 1. The topological polar surface area (TPSA) is 220 Å². The second-order valence-corrected chi connectivity index (χ2v) is 11.3. The SMILES string of the molecule is CCC(CN)ON=C(C(=O)NC1C(=O)N2C(C(=O)O)=C(C[n+]3ccc(CCC(N)=O)cc3)CS[C@@H]12)c1csc(N)n1. The molecule has 218 valence electrons. The number of thiazole rings is 1. The van der Waals surface area contributed by atoms with Crippen LogP contribution in [0.3, 0.4) is 0 Å². The molecule has 0 aliphatic carbocycles. The lowest BCUT2D eigenvalue weighted by molar-refractivity contribution is -0.689. The van der Waals surface area contributed by atoms with Crippen molar-refractivity contribution in [3.05, 3.63) is 52.4 Å². The van der Waals surface area contributed by atoms with E-state index in [1.54, 1.807) is 22.3 Å². The van der Waals surface area contributed by atoms with Crippen LogP contribution in [-0.2, 0) is 37.0 Å². The highest BCUT2D eigenvalue weighted by atomic mass is 32.2. The number of thioether (sulfide) groups is 1. The Morgan fingerprint density at radius 3 is 2.66 bits per heavy atom. The summed E-state index contributed by atoms with van der Waals surface area (Å²) in [5.41, 5.74) is 18.0. The minimum Gasteiger partial charge on any atom is -0.477 e. The maximum absolute atomic E-state index is 13.2. The number of nitrogen functional groups attached to an aromatic ring is 1. The number of primary amides is 1. The number of fused-ring (bicyclic) bond motifs is 1. The summed E-state index contributed by atoms with van der Waals surface area (Å²) in [4.78, 5) is 60.4. The van der Waals surface area contributed by atoms with E-state index in [0.29, 0.717) is 24.2 Å². The molecule has 4 heterocycles. The van der Waals surface area contributed by atoms with Gasteiger partial charge in [-0.05, 0) is 18.4 Å². The number of amides is 3. The van der Waals surface area contributed by atoms with Gasteiger partial charge in [0.25, 0.3) is 11.8 Å². The summed E-state index contributed by atoms with van der Waals surface area (Å²) in [6, 6.07) is 2.69. The molecule has 2 aromatic heterocycles. The lowest BCUT2D eigenvalue weighted by atomic mass is 10.0. The number of carboxylic acid groups (broad SMARTS) is 1. The number of nitrogens with one attached hydrogen (secondary N) is 1. The number of carboxylic acids is 1. The summed E-state index contributed by atoms with van der Waals surface area (Å²) >= 11 is 2.47. The van der Waals surface area contributed by atoms with Gasteiger partial charge in [0.15, 0.2) is 29.8 Å². The highest BCUT2D eigenvalue weighted by molar-refractivity contribution is 8.00. The fraction of sp³-hybridized carbons (Fsp3) is 0.400. The van der Waals surface area contributed by atoms with Crippen LogP contribution >= 0.6 is 23.1 Å². The molecule has 0 spiro atoms. The summed E-state index contributed by atoms with van der Waals surface area (Å²) in [6.07, 6.45) is 4.44. The fourth-order valence-electron chi connectivity index (χ4n) is 4.28. The van der Waals surface area contributed by atoms with Gasteiger partial charge in [-0.2, -0.15) is 0 Å². The first-order valence-corrected chi connectivity index (χ1v) is 14.7. The lowest BCUT2D eigenvalue weighted by Crippen LogP contribution is -2.71. The predicted octanol–water partition coefficient (Wildman–Crippen LogP) is -0.672. The molecule has 2 aliphatic rings. The van der Waals surface area contributed by atoms with Gasteiger partial charge in [-0.25, -0.2) is 14.3 Å². The molecule has 2 unspecified atom stereocenters. The van der Waals surface area contributed by atoms with Crippen molar-refractivity contribution in [1.82, 2.24) is 15.2 Å². The number of nitrogens with zero attached hydrogens (tertiary/aromatic N) is 4. The summed E-state index contributed by atoms with van der Waals surface area (Å²) in [5.74, 6) is -2.55. The molecule has 16 heteroatoms. The van der Waals surface area contributed by atoms with E-state index in [0.717, 1.165) is 16.9 Å². The van der Waals surface area contributed by atoms with Gasteiger partial charge in [0.2, 0.25) is 5.91 Å². The highest BCUT2D eigenvalue weighted by Crippen LogP contribution is 2.40. The van der Waals surface area contributed by atoms with E-state index in [1.165, 1.54) is 16.7 Å². The lowest BCUT2D eigenvalue weighted by Gasteiger charge is -2.49. The Morgan fingerprint density at radius 1 is 1.34 bits per heavy atom. The second kappa shape index (κ2) is 13.1. The standard InChI is InChI=1S/C25H30N8O6S2/c1-2-15(9-26)39-31-18(16-12-41-25(28)29-16)21(35)30-19-22(36)33-20(24(37)38)14(11-40-23(19)33)10-32-7-5-13(6-8-32)3-4-17(27)34/h5-8,12,15,19,23H,2-4,9-11,26H2,1H3,(H5-,27,28,29,30,34,35,37,38)/p+1/t15?,19?,23-/m0/s1. The monoisotopic (exact) mass is 603 g/mol. The van der Waals surface area contributed by atoms with E-state index in [4.69, 9.17) is 22.0 Å². The van der Waals surface area contributed by atoms with Crippen LogP contribution in [0.15, 0.2) is 46.3 Å². The van der Waals surface area contributed by atoms with E-state index < -0.39 is 35.3 Å². The van der Waals surface area contributed by atoms with Gasteiger partial charge in [0.1, 0.15) is 28.9 Å². The summed E-state index contributed by atoms with van der Waals surface area (Å²) in [5, 5.41) is 17.8. The van der Waals surface area contributed by atoms with Crippen molar-refractivity contribution in [2.75, 3.05) is 18.0 Å². The molecular weight excluding hydrogens is 572 g/mol. The van der Waals surface area contributed by atoms with E-state index >= 15 is 0 Å². The average molecular weight is 604 g/mol. The molecule has 0 radical (unpaired) electrons. The molecule has 0 saturated carbocycles. The Morgan fingerprint density at radius 2 is 2.07 bits per heavy atom. The number of carbonyl (C=O) groups is 4. The van der Waals surface area contributed by atoms with Crippen molar-refractivity contribution < 1.29 is 33.7 Å². The molecule has 1 fully saturated rings. The highest BCUT2D eigenvalue weighted by Gasteiger charge is 2.54. The minimum absolute atomic E-state index is 0.104. The van der Waals surface area contributed by atoms with Gasteiger partial charge < -0.3 is 32.5 Å². The minimum atomic E-state index is -1.23. The van der Waals surface area contributed by atoms with Gasteiger partial charge in [-0.15, -0.1) is 23.1 Å². The number of rotatable bonds is 13. The number of carbonyl (C=O) groups excluding carboxylic acids is 3. The largest absolute Gasteiger partial charge is 0.477 e.